The summed E-state index contributed by atoms with van der Waals surface area (Å²) in [4.78, 5) is 19.1. The fourth-order valence-electron chi connectivity index (χ4n) is 4.06. The summed E-state index contributed by atoms with van der Waals surface area (Å²) in [6, 6.07) is 11.8. The predicted octanol–water partition coefficient (Wildman–Crippen LogP) is 1.42. The summed E-state index contributed by atoms with van der Waals surface area (Å²) in [5.41, 5.74) is 7.90. The molecule has 1 fully saturated rings. The normalized spacial score (nSPS) is 21.6. The van der Waals surface area contributed by atoms with Gasteiger partial charge < -0.3 is 5.32 Å². The SMILES string of the molecule is O=C1NNC2N=C(CN3CCN(S(=O)(=O)c4ccc(Cl)cc4)CC3)Nc3cccc1c32. The molecule has 11 heteroatoms. The number of aliphatic imine (C=N–C) groups is 1. The number of amidine groups is 1. The Morgan fingerprint density at radius 3 is 2.55 bits per heavy atom. The Kier molecular flexibility index (Phi) is 5.19. The van der Waals surface area contributed by atoms with Gasteiger partial charge in [-0.15, -0.1) is 0 Å². The minimum atomic E-state index is -3.54. The molecule has 3 heterocycles. The third-order valence-electron chi connectivity index (χ3n) is 5.67. The van der Waals surface area contributed by atoms with Crippen molar-refractivity contribution < 1.29 is 13.2 Å². The highest BCUT2D eigenvalue weighted by Gasteiger charge is 2.32. The molecule has 3 aliphatic heterocycles. The van der Waals surface area contributed by atoms with E-state index in [9.17, 15) is 13.2 Å². The molecule has 1 saturated heterocycles. The summed E-state index contributed by atoms with van der Waals surface area (Å²) in [7, 11) is -3.54. The summed E-state index contributed by atoms with van der Waals surface area (Å²) >= 11 is 5.87. The first-order valence-electron chi connectivity index (χ1n) is 9.92. The van der Waals surface area contributed by atoms with Crippen LogP contribution in [-0.4, -0.2) is 62.1 Å². The first-order valence-corrected chi connectivity index (χ1v) is 11.7. The predicted molar refractivity (Wildman–Crippen MR) is 117 cm³/mol. The number of amides is 1. The van der Waals surface area contributed by atoms with Gasteiger partial charge in [0.2, 0.25) is 10.0 Å². The maximum atomic E-state index is 12.9. The molecule has 1 atom stereocenters. The summed E-state index contributed by atoms with van der Waals surface area (Å²) in [6.07, 6.45) is -0.341. The second-order valence-electron chi connectivity index (χ2n) is 7.60. The minimum absolute atomic E-state index is 0.174. The number of benzene rings is 2. The van der Waals surface area contributed by atoms with Crippen LogP contribution in [0.1, 0.15) is 22.1 Å². The van der Waals surface area contributed by atoms with E-state index in [1.54, 1.807) is 18.2 Å². The molecule has 5 rings (SSSR count). The van der Waals surface area contributed by atoms with Crippen LogP contribution in [0.2, 0.25) is 5.02 Å². The monoisotopic (exact) mass is 460 g/mol. The van der Waals surface area contributed by atoms with Crippen molar-refractivity contribution in [2.75, 3.05) is 38.0 Å². The lowest BCUT2D eigenvalue weighted by Gasteiger charge is -2.36. The van der Waals surface area contributed by atoms with Gasteiger partial charge in [-0.1, -0.05) is 17.7 Å². The lowest BCUT2D eigenvalue weighted by Crippen LogP contribution is -2.51. The molecule has 0 aliphatic carbocycles. The average molecular weight is 461 g/mol. The van der Waals surface area contributed by atoms with Crippen molar-refractivity contribution >= 4 is 39.1 Å². The van der Waals surface area contributed by atoms with Crippen LogP contribution in [0.15, 0.2) is 52.4 Å². The zero-order valence-corrected chi connectivity index (χ0v) is 18.1. The third kappa shape index (κ3) is 3.81. The number of nitrogens with zero attached hydrogens (tertiary/aromatic N) is 3. The molecule has 162 valence electrons. The Morgan fingerprint density at radius 1 is 1.06 bits per heavy atom. The van der Waals surface area contributed by atoms with Crippen LogP contribution in [0.5, 0.6) is 0 Å². The van der Waals surface area contributed by atoms with Crippen LogP contribution in [0.25, 0.3) is 0 Å². The molecule has 0 aromatic heterocycles. The zero-order valence-electron chi connectivity index (χ0n) is 16.5. The molecule has 2 aromatic carbocycles. The van der Waals surface area contributed by atoms with Gasteiger partial charge in [-0.05, 0) is 36.4 Å². The van der Waals surface area contributed by atoms with E-state index in [4.69, 9.17) is 16.6 Å². The van der Waals surface area contributed by atoms with E-state index in [2.05, 4.69) is 21.1 Å². The first-order chi connectivity index (χ1) is 14.9. The van der Waals surface area contributed by atoms with Gasteiger partial charge in [0.25, 0.3) is 5.91 Å². The van der Waals surface area contributed by atoms with Crippen molar-refractivity contribution in [1.82, 2.24) is 20.1 Å². The summed E-state index contributed by atoms with van der Waals surface area (Å²) < 4.78 is 27.2. The van der Waals surface area contributed by atoms with E-state index in [0.29, 0.717) is 43.3 Å². The summed E-state index contributed by atoms with van der Waals surface area (Å²) in [5.74, 6) is 0.596. The molecule has 3 aliphatic rings. The van der Waals surface area contributed by atoms with E-state index in [-0.39, 0.29) is 17.0 Å². The van der Waals surface area contributed by atoms with Gasteiger partial charge >= 0.3 is 0 Å². The number of anilines is 1. The number of hydrogen-bond donors (Lipinski definition) is 3. The number of piperazine rings is 1. The van der Waals surface area contributed by atoms with Crippen molar-refractivity contribution in [3.63, 3.8) is 0 Å². The number of halogens is 1. The van der Waals surface area contributed by atoms with Gasteiger partial charge in [-0.2, -0.15) is 4.31 Å². The van der Waals surface area contributed by atoms with Gasteiger partial charge in [-0.3, -0.25) is 15.1 Å². The molecule has 0 radical (unpaired) electrons. The van der Waals surface area contributed by atoms with Crippen LogP contribution in [0, 0.1) is 0 Å². The smallest absolute Gasteiger partial charge is 0.265 e. The Hall–Kier alpha value is -2.50. The van der Waals surface area contributed by atoms with E-state index in [1.807, 2.05) is 12.1 Å². The van der Waals surface area contributed by atoms with E-state index >= 15 is 0 Å². The second kappa shape index (κ2) is 7.88. The Bertz CT molecular complexity index is 1160. The van der Waals surface area contributed by atoms with E-state index in [1.165, 1.54) is 16.4 Å². The van der Waals surface area contributed by atoms with Crippen molar-refractivity contribution in [3.8, 4) is 0 Å². The highest BCUT2D eigenvalue weighted by Crippen LogP contribution is 2.33. The van der Waals surface area contributed by atoms with Crippen molar-refractivity contribution in [1.29, 1.82) is 0 Å². The number of rotatable bonds is 4. The van der Waals surface area contributed by atoms with Crippen molar-refractivity contribution in [3.05, 3.63) is 58.6 Å². The molecule has 2 aromatic rings. The molecule has 3 N–H and O–H groups in total. The number of hydrogen-bond acceptors (Lipinski definition) is 7. The lowest BCUT2D eigenvalue weighted by molar-refractivity contribution is 0.0908. The fourth-order valence-corrected chi connectivity index (χ4v) is 5.60. The Balaban J connectivity index is 1.25. The summed E-state index contributed by atoms with van der Waals surface area (Å²) in [5, 5.41) is 3.83. The standard InChI is InChI=1S/C20H21ClN6O3S/c21-13-4-6-14(7-5-13)31(29,30)27-10-8-26(9-11-27)12-17-22-16-3-1-2-15-18(16)19(23-17)24-25-20(15)28/h1-7,19,24H,8-12H2,(H,22,23)(H,25,28). The number of carbonyl (C=O) groups excluding carboxylic acids is 1. The van der Waals surface area contributed by atoms with E-state index < -0.39 is 10.0 Å². The van der Waals surface area contributed by atoms with Gasteiger partial charge in [0.15, 0.2) is 0 Å². The molecule has 0 bridgehead atoms. The number of carbonyl (C=O) groups is 1. The minimum Gasteiger partial charge on any atom is -0.343 e. The fraction of sp³-hybridized carbons (Fsp3) is 0.300. The largest absolute Gasteiger partial charge is 0.343 e. The van der Waals surface area contributed by atoms with Gasteiger partial charge in [0.1, 0.15) is 12.0 Å². The van der Waals surface area contributed by atoms with Gasteiger partial charge in [0, 0.05) is 48.0 Å². The van der Waals surface area contributed by atoms with Crippen LogP contribution in [-0.2, 0) is 10.0 Å². The highest BCUT2D eigenvalue weighted by atomic mass is 35.5. The number of sulfonamides is 1. The maximum Gasteiger partial charge on any atom is 0.265 e. The summed E-state index contributed by atoms with van der Waals surface area (Å²) in [6.45, 7) is 2.54. The molecule has 31 heavy (non-hydrogen) atoms. The lowest BCUT2D eigenvalue weighted by atomic mass is 9.99. The third-order valence-corrected chi connectivity index (χ3v) is 7.83. The molecular formula is C20H21ClN6O3S. The van der Waals surface area contributed by atoms with E-state index in [0.717, 1.165) is 17.1 Å². The van der Waals surface area contributed by atoms with Crippen LogP contribution in [0.4, 0.5) is 5.69 Å². The second-order valence-corrected chi connectivity index (χ2v) is 9.98. The quantitative estimate of drug-likeness (QED) is 0.637. The highest BCUT2D eigenvalue weighted by molar-refractivity contribution is 7.89. The zero-order chi connectivity index (χ0) is 21.6. The Labute approximate surface area is 185 Å². The molecular weight excluding hydrogens is 440 g/mol. The van der Waals surface area contributed by atoms with Crippen LogP contribution in [0.3, 0.4) is 0 Å². The number of nitrogens with one attached hydrogen (secondary N) is 3. The average Bonchev–Trinajstić information content (AvgIpc) is 2.77. The first kappa shape index (κ1) is 20.4. The molecule has 0 saturated carbocycles. The molecule has 1 amide bonds. The van der Waals surface area contributed by atoms with Gasteiger partial charge in [0.05, 0.1) is 11.4 Å². The molecule has 1 unspecified atom stereocenters. The Morgan fingerprint density at radius 2 is 1.81 bits per heavy atom. The number of hydrazine groups is 1. The maximum absolute atomic E-state index is 12.9. The van der Waals surface area contributed by atoms with Crippen LogP contribution >= 0.6 is 11.6 Å². The van der Waals surface area contributed by atoms with Crippen molar-refractivity contribution in [2.45, 2.75) is 11.1 Å². The van der Waals surface area contributed by atoms with Crippen molar-refractivity contribution in [2.24, 2.45) is 4.99 Å². The molecule has 0 spiro atoms. The molecule has 9 nitrogen and oxygen atoms in total. The topological polar surface area (TPSA) is 106 Å². The van der Waals surface area contributed by atoms with Gasteiger partial charge in [-0.25, -0.2) is 18.8 Å². The van der Waals surface area contributed by atoms with Crippen LogP contribution < -0.4 is 16.2 Å².